The van der Waals surface area contributed by atoms with Crippen molar-refractivity contribution < 1.29 is 0 Å². The predicted octanol–water partition coefficient (Wildman–Crippen LogP) is 13.8. The van der Waals surface area contributed by atoms with Gasteiger partial charge in [0.2, 0.25) is 0 Å². The molecular formula is C45H28N2S2. The summed E-state index contributed by atoms with van der Waals surface area (Å²) in [6.45, 7) is 0. The van der Waals surface area contributed by atoms with Crippen LogP contribution in [0.2, 0.25) is 0 Å². The van der Waals surface area contributed by atoms with Gasteiger partial charge in [0.1, 0.15) is 4.83 Å². The molecule has 0 saturated heterocycles. The zero-order valence-electron chi connectivity index (χ0n) is 26.4. The summed E-state index contributed by atoms with van der Waals surface area (Å²) >= 11 is 3.61. The van der Waals surface area contributed by atoms with Gasteiger partial charge in [-0.1, -0.05) is 103 Å². The van der Waals surface area contributed by atoms with E-state index in [2.05, 4.69) is 175 Å². The molecule has 0 fully saturated rings. The third-order valence-electron chi connectivity index (χ3n) is 9.50. The minimum absolute atomic E-state index is 0.989. The van der Waals surface area contributed by atoms with Gasteiger partial charge in [-0.25, -0.2) is 4.98 Å². The molecule has 7 aromatic carbocycles. The lowest BCUT2D eigenvalue weighted by Gasteiger charge is -2.27. The number of hydrogen-bond acceptors (Lipinski definition) is 4. The summed E-state index contributed by atoms with van der Waals surface area (Å²) in [5, 5.41) is 7.57. The van der Waals surface area contributed by atoms with E-state index < -0.39 is 0 Å². The third kappa shape index (κ3) is 4.80. The molecule has 3 heterocycles. The Hall–Kier alpha value is -5.81. The van der Waals surface area contributed by atoms with E-state index in [0.29, 0.717) is 0 Å². The minimum atomic E-state index is 0.989. The molecule has 0 bridgehead atoms. The van der Waals surface area contributed by atoms with Crippen LogP contribution < -0.4 is 4.90 Å². The zero-order valence-corrected chi connectivity index (χ0v) is 28.0. The maximum absolute atomic E-state index is 5.11. The van der Waals surface area contributed by atoms with Gasteiger partial charge >= 0.3 is 0 Å². The van der Waals surface area contributed by atoms with Gasteiger partial charge in [0.15, 0.2) is 0 Å². The van der Waals surface area contributed by atoms with Gasteiger partial charge in [0.25, 0.3) is 0 Å². The lowest BCUT2D eigenvalue weighted by molar-refractivity contribution is 1.30. The molecule has 0 radical (unpaired) electrons. The summed E-state index contributed by atoms with van der Waals surface area (Å²) in [5.74, 6) is 0. The summed E-state index contributed by atoms with van der Waals surface area (Å²) in [6, 6.07) is 61.5. The molecule has 4 heteroatoms. The topological polar surface area (TPSA) is 16.1 Å². The monoisotopic (exact) mass is 660 g/mol. The number of rotatable bonds is 5. The van der Waals surface area contributed by atoms with Crippen molar-refractivity contribution in [1.82, 2.24) is 4.98 Å². The van der Waals surface area contributed by atoms with Crippen molar-refractivity contribution in [2.75, 3.05) is 4.90 Å². The molecule has 10 rings (SSSR count). The summed E-state index contributed by atoms with van der Waals surface area (Å²) in [4.78, 5) is 8.58. The summed E-state index contributed by atoms with van der Waals surface area (Å²) < 4.78 is 3.86. The Labute approximate surface area is 291 Å². The summed E-state index contributed by atoms with van der Waals surface area (Å²) in [7, 11) is 0. The normalized spacial score (nSPS) is 11.7. The van der Waals surface area contributed by atoms with Crippen LogP contribution in [0, 0.1) is 0 Å². The van der Waals surface area contributed by atoms with Gasteiger partial charge in [0.05, 0.1) is 11.4 Å². The van der Waals surface area contributed by atoms with Gasteiger partial charge in [-0.2, -0.15) is 0 Å². The molecule has 0 N–H and O–H groups in total. The van der Waals surface area contributed by atoms with Crippen molar-refractivity contribution in [3.8, 4) is 22.4 Å². The van der Waals surface area contributed by atoms with Crippen molar-refractivity contribution in [2.45, 2.75) is 0 Å². The Balaban J connectivity index is 1.09. The van der Waals surface area contributed by atoms with Crippen molar-refractivity contribution in [3.63, 3.8) is 0 Å². The van der Waals surface area contributed by atoms with Crippen LogP contribution in [-0.4, -0.2) is 4.98 Å². The predicted molar refractivity (Wildman–Crippen MR) is 213 cm³/mol. The smallest absolute Gasteiger partial charge is 0.125 e. The second kappa shape index (κ2) is 11.4. The molecule has 0 aliphatic carbocycles. The molecule has 0 aliphatic heterocycles. The third-order valence-corrected chi connectivity index (χ3v) is 11.7. The van der Waals surface area contributed by atoms with Crippen LogP contribution in [0.15, 0.2) is 170 Å². The quantitative estimate of drug-likeness (QED) is 0.183. The Morgan fingerprint density at radius 1 is 0.408 bits per heavy atom. The van der Waals surface area contributed by atoms with Gasteiger partial charge < -0.3 is 4.90 Å². The first-order valence-electron chi connectivity index (χ1n) is 16.5. The van der Waals surface area contributed by atoms with Crippen molar-refractivity contribution >= 4 is 91.0 Å². The number of thiophene rings is 2. The first kappa shape index (κ1) is 28.2. The second-order valence-electron chi connectivity index (χ2n) is 12.4. The van der Waals surface area contributed by atoms with E-state index in [-0.39, 0.29) is 0 Å². The highest BCUT2D eigenvalue weighted by Gasteiger charge is 2.19. The molecule has 0 unspecified atom stereocenters. The van der Waals surface area contributed by atoms with Crippen LogP contribution in [0.5, 0.6) is 0 Å². The Morgan fingerprint density at radius 3 is 1.84 bits per heavy atom. The Bertz CT molecular complexity index is 2830. The van der Waals surface area contributed by atoms with Crippen LogP contribution in [0.4, 0.5) is 17.1 Å². The molecule has 0 spiro atoms. The molecule has 3 aromatic heterocycles. The number of aromatic nitrogens is 1. The number of pyridine rings is 1. The van der Waals surface area contributed by atoms with Crippen LogP contribution in [0.25, 0.3) is 73.6 Å². The highest BCUT2D eigenvalue weighted by Crippen LogP contribution is 2.45. The second-order valence-corrected chi connectivity index (χ2v) is 14.5. The van der Waals surface area contributed by atoms with E-state index in [0.717, 1.165) is 27.5 Å². The van der Waals surface area contributed by atoms with Crippen LogP contribution >= 0.6 is 22.7 Å². The number of anilines is 3. The van der Waals surface area contributed by atoms with E-state index in [1.165, 1.54) is 63.2 Å². The van der Waals surface area contributed by atoms with Crippen LogP contribution in [-0.2, 0) is 0 Å². The number of hydrogen-bond donors (Lipinski definition) is 0. The van der Waals surface area contributed by atoms with E-state index >= 15 is 0 Å². The average molecular weight is 661 g/mol. The maximum atomic E-state index is 5.11. The molecule has 0 amide bonds. The fraction of sp³-hybridized carbons (Fsp3) is 0. The molecule has 10 aromatic rings. The maximum Gasteiger partial charge on any atom is 0.125 e. The largest absolute Gasteiger partial charge is 0.310 e. The summed E-state index contributed by atoms with van der Waals surface area (Å²) in [5.41, 5.74) is 7.91. The first-order valence-corrected chi connectivity index (χ1v) is 18.1. The van der Waals surface area contributed by atoms with Gasteiger partial charge in [-0.15, -0.1) is 22.7 Å². The van der Waals surface area contributed by atoms with Gasteiger partial charge in [0, 0.05) is 52.6 Å². The van der Waals surface area contributed by atoms with Crippen molar-refractivity contribution in [2.24, 2.45) is 0 Å². The Morgan fingerprint density at radius 2 is 1.04 bits per heavy atom. The van der Waals surface area contributed by atoms with E-state index in [1.807, 2.05) is 11.3 Å². The Kier molecular flexibility index (Phi) is 6.57. The van der Waals surface area contributed by atoms with Gasteiger partial charge in [-0.05, 0) is 88.6 Å². The zero-order chi connectivity index (χ0) is 32.3. The number of benzene rings is 7. The fourth-order valence-corrected chi connectivity index (χ4v) is 9.29. The first-order chi connectivity index (χ1) is 24.3. The average Bonchev–Trinajstić information content (AvgIpc) is 3.74. The standard InChI is InChI=1S/C45H28N2S2/c1-2-9-32-28-33(17-16-29(32)8-1)30-18-22-34(23-19-30)47(40-12-7-15-43-44(40)38-11-4-6-14-42(38)48-43)35-24-20-31(21-25-35)39-27-26-37-36-10-3-5-13-41(36)49-45(37)46-39/h1-28H. The highest BCUT2D eigenvalue weighted by atomic mass is 32.1. The van der Waals surface area contributed by atoms with Gasteiger partial charge in [-0.3, -0.25) is 0 Å². The number of nitrogens with zero attached hydrogens (tertiary/aromatic N) is 2. The van der Waals surface area contributed by atoms with Crippen molar-refractivity contribution in [1.29, 1.82) is 0 Å². The summed E-state index contributed by atoms with van der Waals surface area (Å²) in [6.07, 6.45) is 0. The molecule has 230 valence electrons. The molecular weight excluding hydrogens is 633 g/mol. The number of fused-ring (bicyclic) bond motifs is 7. The lowest BCUT2D eigenvalue weighted by Crippen LogP contribution is -2.10. The van der Waals surface area contributed by atoms with E-state index in [9.17, 15) is 0 Å². The van der Waals surface area contributed by atoms with Crippen LogP contribution in [0.1, 0.15) is 0 Å². The van der Waals surface area contributed by atoms with E-state index in [1.54, 1.807) is 11.3 Å². The fourth-order valence-electron chi connectivity index (χ4n) is 7.09. The molecule has 0 saturated carbocycles. The minimum Gasteiger partial charge on any atom is -0.310 e. The van der Waals surface area contributed by atoms with E-state index in [4.69, 9.17) is 4.98 Å². The lowest BCUT2D eigenvalue weighted by atomic mass is 10.0. The molecule has 49 heavy (non-hydrogen) atoms. The molecule has 0 atom stereocenters. The SMILES string of the molecule is c1ccc2cc(-c3ccc(N(c4ccc(-c5ccc6c(n5)sc5ccccc56)cc4)c4cccc5sc6ccccc6c45)cc3)ccc2c1. The van der Waals surface area contributed by atoms with Crippen molar-refractivity contribution in [3.05, 3.63) is 170 Å². The highest BCUT2D eigenvalue weighted by molar-refractivity contribution is 7.26. The molecule has 0 aliphatic rings. The molecule has 2 nitrogen and oxygen atoms in total. The van der Waals surface area contributed by atoms with Crippen LogP contribution in [0.3, 0.4) is 0 Å².